The van der Waals surface area contributed by atoms with E-state index in [1.54, 1.807) is 31.4 Å². The number of carbonyl (C=O) groups excluding carboxylic acids is 2. The second kappa shape index (κ2) is 10.2. The van der Waals surface area contributed by atoms with E-state index in [0.29, 0.717) is 47.9 Å². The first-order valence-corrected chi connectivity index (χ1v) is 13.7. The zero-order chi connectivity index (χ0) is 23.4. The lowest BCUT2D eigenvalue weighted by molar-refractivity contribution is 0.0948. The molecule has 1 aromatic carbocycles. The fourth-order valence-electron chi connectivity index (χ4n) is 4.28. The van der Waals surface area contributed by atoms with Gasteiger partial charge in [-0.1, -0.05) is 0 Å². The van der Waals surface area contributed by atoms with Crippen LogP contribution in [0, 0.1) is 0 Å². The highest BCUT2D eigenvalue weighted by Gasteiger charge is 2.29. The van der Waals surface area contributed by atoms with Crippen molar-refractivity contribution in [3.8, 4) is 0 Å². The third-order valence-corrected chi connectivity index (χ3v) is 9.03. The van der Waals surface area contributed by atoms with Crippen LogP contribution < -0.4 is 14.9 Å². The van der Waals surface area contributed by atoms with Crippen LogP contribution in [0.4, 0.5) is 10.7 Å². The number of ether oxygens (including phenoxy) is 1. The van der Waals surface area contributed by atoms with Crippen LogP contribution >= 0.6 is 11.3 Å². The molecule has 1 saturated heterocycles. The van der Waals surface area contributed by atoms with Crippen LogP contribution in [0.1, 0.15) is 56.8 Å². The van der Waals surface area contributed by atoms with Crippen molar-refractivity contribution >= 4 is 43.9 Å². The Hall–Kier alpha value is -2.43. The zero-order valence-electron chi connectivity index (χ0n) is 18.7. The number of anilines is 2. The predicted molar refractivity (Wildman–Crippen MR) is 130 cm³/mol. The minimum atomic E-state index is -3.27. The van der Waals surface area contributed by atoms with Gasteiger partial charge in [0.05, 0.1) is 17.0 Å². The van der Waals surface area contributed by atoms with Gasteiger partial charge in [-0.25, -0.2) is 8.42 Å². The van der Waals surface area contributed by atoms with Gasteiger partial charge in [0.1, 0.15) is 5.00 Å². The number of fused-ring (bicyclic) bond motifs is 1. The Morgan fingerprint density at radius 2 is 1.85 bits per heavy atom. The fourth-order valence-corrected chi connectivity index (χ4v) is 7.13. The lowest BCUT2D eigenvalue weighted by Gasteiger charge is -2.17. The maximum atomic E-state index is 13.0. The number of hydrogen-bond acceptors (Lipinski definition) is 6. The highest BCUT2D eigenvalue weighted by atomic mass is 32.2. The Labute approximate surface area is 198 Å². The second-order valence-corrected chi connectivity index (χ2v) is 11.4. The molecule has 1 aromatic heterocycles. The van der Waals surface area contributed by atoms with E-state index >= 15 is 0 Å². The number of amides is 2. The molecule has 1 aliphatic heterocycles. The van der Waals surface area contributed by atoms with E-state index in [-0.39, 0.29) is 17.6 Å². The molecule has 2 heterocycles. The molecule has 2 N–H and O–H groups in total. The molecule has 1 fully saturated rings. The Morgan fingerprint density at radius 1 is 1.09 bits per heavy atom. The molecule has 10 heteroatoms. The van der Waals surface area contributed by atoms with E-state index in [1.165, 1.54) is 15.6 Å². The molecule has 178 valence electrons. The average Bonchev–Trinajstić information content (AvgIpc) is 3.35. The Bertz CT molecular complexity index is 1130. The largest absolute Gasteiger partial charge is 0.385 e. The molecule has 2 aromatic rings. The first kappa shape index (κ1) is 23.7. The van der Waals surface area contributed by atoms with E-state index in [1.807, 2.05) is 0 Å². The molecular formula is C23H29N3O5S2. The molecule has 2 amide bonds. The lowest BCUT2D eigenvalue weighted by Crippen LogP contribution is -2.27. The summed E-state index contributed by atoms with van der Waals surface area (Å²) in [6, 6.07) is 6.55. The summed E-state index contributed by atoms with van der Waals surface area (Å²) in [4.78, 5) is 27.1. The average molecular weight is 492 g/mol. The van der Waals surface area contributed by atoms with Gasteiger partial charge in [-0.05, 0) is 68.4 Å². The van der Waals surface area contributed by atoms with Crippen molar-refractivity contribution in [2.75, 3.05) is 42.2 Å². The minimum Gasteiger partial charge on any atom is -0.385 e. The normalized spacial score (nSPS) is 16.9. The summed E-state index contributed by atoms with van der Waals surface area (Å²) >= 11 is 1.48. The monoisotopic (exact) mass is 491 g/mol. The zero-order valence-corrected chi connectivity index (χ0v) is 20.3. The fraction of sp³-hybridized carbons (Fsp3) is 0.478. The van der Waals surface area contributed by atoms with Crippen LogP contribution in [0.5, 0.6) is 0 Å². The molecule has 0 bridgehead atoms. The number of rotatable bonds is 8. The summed E-state index contributed by atoms with van der Waals surface area (Å²) in [5, 5.41) is 6.45. The van der Waals surface area contributed by atoms with Crippen LogP contribution in [0.25, 0.3) is 0 Å². The maximum Gasteiger partial charge on any atom is 0.256 e. The number of methoxy groups -OCH3 is 1. The third-order valence-electron chi connectivity index (χ3n) is 5.95. The quantitative estimate of drug-likeness (QED) is 0.552. The number of sulfonamides is 1. The first-order valence-electron chi connectivity index (χ1n) is 11.2. The van der Waals surface area contributed by atoms with Crippen molar-refractivity contribution < 1.29 is 22.7 Å². The van der Waals surface area contributed by atoms with Gasteiger partial charge in [0.25, 0.3) is 11.8 Å². The highest BCUT2D eigenvalue weighted by Crippen LogP contribution is 2.38. The smallest absolute Gasteiger partial charge is 0.256 e. The summed E-state index contributed by atoms with van der Waals surface area (Å²) in [5.74, 6) is -0.345. The molecule has 0 spiro atoms. The molecule has 0 unspecified atom stereocenters. The number of carbonyl (C=O) groups is 2. The first-order chi connectivity index (χ1) is 15.9. The van der Waals surface area contributed by atoms with E-state index in [0.717, 1.165) is 42.5 Å². The van der Waals surface area contributed by atoms with E-state index < -0.39 is 10.0 Å². The molecule has 33 heavy (non-hydrogen) atoms. The topological polar surface area (TPSA) is 105 Å². The van der Waals surface area contributed by atoms with Crippen molar-refractivity contribution in [1.29, 1.82) is 0 Å². The van der Waals surface area contributed by atoms with Crippen LogP contribution in [-0.4, -0.2) is 52.8 Å². The molecular weight excluding hydrogens is 462 g/mol. The lowest BCUT2D eigenvalue weighted by atomic mass is 9.95. The van der Waals surface area contributed by atoms with Crippen LogP contribution in [-0.2, 0) is 27.6 Å². The van der Waals surface area contributed by atoms with Crippen molar-refractivity contribution in [3.05, 3.63) is 45.8 Å². The van der Waals surface area contributed by atoms with Gasteiger partial charge in [-0.3, -0.25) is 13.9 Å². The standard InChI is InChI=1S/C23H29N3O5S2/c1-31-14-4-12-24-22(28)20-18-6-2-3-7-19(18)32-23(20)25-21(27)16-8-10-17(11-9-16)26-13-5-15-33(26,29)30/h8-11H,2-7,12-15H2,1H3,(H,24,28)(H,25,27). The molecule has 0 radical (unpaired) electrons. The summed E-state index contributed by atoms with van der Waals surface area (Å²) in [7, 11) is -1.64. The second-order valence-electron chi connectivity index (χ2n) is 8.26. The van der Waals surface area contributed by atoms with Gasteiger partial charge in [-0.2, -0.15) is 0 Å². The van der Waals surface area contributed by atoms with E-state index in [4.69, 9.17) is 4.74 Å². The number of aryl methyl sites for hydroxylation is 1. The van der Waals surface area contributed by atoms with Gasteiger partial charge in [0.2, 0.25) is 10.0 Å². The number of nitrogens with zero attached hydrogens (tertiary/aromatic N) is 1. The minimum absolute atomic E-state index is 0.147. The SMILES string of the molecule is COCCCNC(=O)c1c(NC(=O)c2ccc(N3CCCS3(=O)=O)cc2)sc2c1CCCC2. The van der Waals surface area contributed by atoms with E-state index in [9.17, 15) is 18.0 Å². The van der Waals surface area contributed by atoms with Crippen molar-refractivity contribution in [2.45, 2.75) is 38.5 Å². The third kappa shape index (κ3) is 5.23. The highest BCUT2D eigenvalue weighted by molar-refractivity contribution is 7.93. The van der Waals surface area contributed by atoms with Gasteiger partial charge < -0.3 is 15.4 Å². The van der Waals surface area contributed by atoms with Gasteiger partial charge >= 0.3 is 0 Å². The molecule has 2 aliphatic rings. The van der Waals surface area contributed by atoms with Gasteiger partial charge in [0.15, 0.2) is 0 Å². The van der Waals surface area contributed by atoms with Crippen molar-refractivity contribution in [3.63, 3.8) is 0 Å². The summed E-state index contributed by atoms with van der Waals surface area (Å²) in [5.41, 5.74) is 2.58. The summed E-state index contributed by atoms with van der Waals surface area (Å²) < 4.78 is 30.7. The number of thiophene rings is 1. The van der Waals surface area contributed by atoms with Crippen molar-refractivity contribution in [1.82, 2.24) is 5.32 Å². The molecule has 0 atom stereocenters. The molecule has 8 nitrogen and oxygen atoms in total. The van der Waals surface area contributed by atoms with Crippen LogP contribution in [0.2, 0.25) is 0 Å². The maximum absolute atomic E-state index is 13.0. The van der Waals surface area contributed by atoms with Crippen LogP contribution in [0.15, 0.2) is 24.3 Å². The molecule has 0 saturated carbocycles. The van der Waals surface area contributed by atoms with Gasteiger partial charge in [0, 0.05) is 37.2 Å². The number of hydrogen-bond donors (Lipinski definition) is 2. The summed E-state index contributed by atoms with van der Waals surface area (Å²) in [6.45, 7) is 1.53. The number of nitrogens with one attached hydrogen (secondary N) is 2. The van der Waals surface area contributed by atoms with Gasteiger partial charge in [-0.15, -0.1) is 11.3 Å². The Morgan fingerprint density at radius 3 is 2.55 bits per heavy atom. The Kier molecular flexibility index (Phi) is 7.35. The Balaban J connectivity index is 1.51. The molecule has 4 rings (SSSR count). The van der Waals surface area contributed by atoms with E-state index in [2.05, 4.69) is 10.6 Å². The summed E-state index contributed by atoms with van der Waals surface area (Å²) in [6.07, 6.45) is 5.18. The van der Waals surface area contributed by atoms with Crippen molar-refractivity contribution in [2.24, 2.45) is 0 Å². The number of benzene rings is 1. The molecule has 1 aliphatic carbocycles. The van der Waals surface area contributed by atoms with Crippen LogP contribution in [0.3, 0.4) is 0 Å². The predicted octanol–water partition coefficient (Wildman–Crippen LogP) is 3.19.